The Bertz CT molecular complexity index is 684. The highest BCUT2D eigenvalue weighted by Crippen LogP contribution is 2.40. The summed E-state index contributed by atoms with van der Waals surface area (Å²) in [5, 5.41) is 6.94. The van der Waals surface area contributed by atoms with E-state index in [0.29, 0.717) is 12.4 Å². The Morgan fingerprint density at radius 2 is 2.21 bits per heavy atom. The second-order valence-corrected chi connectivity index (χ2v) is 6.12. The number of piperazine rings is 1. The number of aromatic nitrogens is 3. The number of pyridine rings is 1. The lowest BCUT2D eigenvalue weighted by Gasteiger charge is -2.30. The van der Waals surface area contributed by atoms with Gasteiger partial charge in [0.1, 0.15) is 5.03 Å². The Balaban J connectivity index is 0.00000208. The van der Waals surface area contributed by atoms with Crippen LogP contribution in [-0.4, -0.2) is 52.2 Å². The Hall–Kier alpha value is -1.36. The first-order valence-electron chi connectivity index (χ1n) is 6.90. The van der Waals surface area contributed by atoms with Crippen molar-refractivity contribution in [2.45, 2.75) is 16.6 Å². The van der Waals surface area contributed by atoms with Crippen molar-refractivity contribution in [3.63, 3.8) is 0 Å². The second-order valence-electron chi connectivity index (χ2n) is 5.06. The summed E-state index contributed by atoms with van der Waals surface area (Å²) in [5.74, 6) is 0.486. The molecule has 1 fully saturated rings. The number of halogens is 4. The molecule has 132 valence electrons. The van der Waals surface area contributed by atoms with Crippen molar-refractivity contribution in [2.75, 3.05) is 26.7 Å². The minimum atomic E-state index is -4.43. The number of likely N-dealkylation sites (N-methyl/N-ethyl adjacent to an activating group) is 1. The van der Waals surface area contributed by atoms with Gasteiger partial charge in [0.05, 0.1) is 11.6 Å². The molecule has 1 saturated heterocycles. The molecule has 1 N–H and O–H groups in total. The van der Waals surface area contributed by atoms with Gasteiger partial charge in [0.2, 0.25) is 0 Å². The summed E-state index contributed by atoms with van der Waals surface area (Å²) in [6.45, 7) is 2.36. The van der Waals surface area contributed by atoms with Crippen LogP contribution < -0.4 is 5.32 Å². The van der Waals surface area contributed by atoms with Gasteiger partial charge in [-0.25, -0.2) is 4.98 Å². The number of hydrogen-bond donors (Lipinski definition) is 1. The van der Waals surface area contributed by atoms with Gasteiger partial charge in [-0.2, -0.15) is 18.2 Å². The van der Waals surface area contributed by atoms with Crippen LogP contribution in [0.5, 0.6) is 0 Å². The third kappa shape index (κ3) is 4.38. The van der Waals surface area contributed by atoms with Crippen LogP contribution in [0.2, 0.25) is 0 Å². The minimum absolute atomic E-state index is 0. The average Bonchev–Trinajstić information content (AvgIpc) is 2.96. The largest absolute Gasteiger partial charge is 0.447 e. The van der Waals surface area contributed by atoms with E-state index in [-0.39, 0.29) is 46.7 Å². The summed E-state index contributed by atoms with van der Waals surface area (Å²) >= 11 is -0.294. The quantitative estimate of drug-likeness (QED) is 0.820. The van der Waals surface area contributed by atoms with E-state index in [4.69, 9.17) is 4.52 Å². The summed E-state index contributed by atoms with van der Waals surface area (Å²) < 4.78 is 43.0. The molecule has 11 heteroatoms. The number of rotatable bonds is 3. The monoisotopic (exact) mass is 381 g/mol. The van der Waals surface area contributed by atoms with E-state index in [1.165, 1.54) is 18.3 Å². The fourth-order valence-corrected chi connectivity index (χ4v) is 2.92. The maximum absolute atomic E-state index is 12.6. The normalized spacial score (nSPS) is 19.1. The molecule has 2 aromatic heterocycles. The van der Waals surface area contributed by atoms with Crippen LogP contribution in [0.1, 0.15) is 11.9 Å². The summed E-state index contributed by atoms with van der Waals surface area (Å²) in [4.78, 5) is 10.1. The van der Waals surface area contributed by atoms with Crippen LogP contribution in [0.4, 0.5) is 13.2 Å². The fraction of sp³-hybridized carbons (Fsp3) is 0.462. The Morgan fingerprint density at radius 1 is 1.42 bits per heavy atom. The number of nitrogens with one attached hydrogen (secondary N) is 1. The molecule has 0 amide bonds. The van der Waals surface area contributed by atoms with Crippen molar-refractivity contribution in [1.82, 2.24) is 25.3 Å². The molecule has 0 saturated carbocycles. The summed E-state index contributed by atoms with van der Waals surface area (Å²) in [7, 11) is 1.94. The molecular formula is C13H15ClF3N5OS. The third-order valence-corrected chi connectivity index (χ3v) is 4.21. The van der Waals surface area contributed by atoms with Crippen molar-refractivity contribution in [3.8, 4) is 11.5 Å². The molecule has 2 aromatic rings. The van der Waals surface area contributed by atoms with Crippen molar-refractivity contribution in [1.29, 1.82) is 0 Å². The van der Waals surface area contributed by atoms with Gasteiger partial charge in [0, 0.05) is 37.6 Å². The van der Waals surface area contributed by atoms with Crippen LogP contribution >= 0.6 is 24.2 Å². The van der Waals surface area contributed by atoms with E-state index in [0.717, 1.165) is 13.1 Å². The first-order chi connectivity index (χ1) is 10.9. The number of nitrogens with zero attached hydrogens (tertiary/aromatic N) is 4. The molecule has 0 bridgehead atoms. The standard InChI is InChI=1S/C13H14F3N5OS.ClH/c1-21-6-5-17-7-9(21)10-19-11(22-20-10)8-3-2-4-18-12(8)23-13(14,15)16;/h2-4,9,17H,5-7H2,1H3;1H. The number of hydrogen-bond acceptors (Lipinski definition) is 7. The third-order valence-electron chi connectivity index (χ3n) is 3.46. The molecule has 0 aromatic carbocycles. The van der Waals surface area contributed by atoms with Crippen LogP contribution in [-0.2, 0) is 0 Å². The van der Waals surface area contributed by atoms with E-state index in [9.17, 15) is 13.2 Å². The zero-order valence-corrected chi connectivity index (χ0v) is 14.2. The molecular weight excluding hydrogens is 367 g/mol. The number of alkyl halides is 3. The lowest BCUT2D eigenvalue weighted by atomic mass is 10.2. The topological polar surface area (TPSA) is 67.1 Å². The molecule has 1 atom stereocenters. The van der Waals surface area contributed by atoms with Crippen molar-refractivity contribution < 1.29 is 17.7 Å². The van der Waals surface area contributed by atoms with Gasteiger partial charge in [-0.1, -0.05) is 5.16 Å². The van der Waals surface area contributed by atoms with E-state index in [2.05, 4.69) is 25.3 Å². The minimum Gasteiger partial charge on any atom is -0.334 e. The first kappa shape index (κ1) is 19.0. The summed E-state index contributed by atoms with van der Waals surface area (Å²) in [6, 6.07) is 2.95. The van der Waals surface area contributed by atoms with Crippen LogP contribution in [0.25, 0.3) is 11.5 Å². The highest BCUT2D eigenvalue weighted by molar-refractivity contribution is 8.00. The maximum atomic E-state index is 12.6. The molecule has 3 heterocycles. The fourth-order valence-electron chi connectivity index (χ4n) is 2.32. The highest BCUT2D eigenvalue weighted by atomic mass is 35.5. The van der Waals surface area contributed by atoms with Gasteiger partial charge in [-0.15, -0.1) is 12.4 Å². The first-order valence-corrected chi connectivity index (χ1v) is 7.71. The molecule has 3 rings (SSSR count). The second kappa shape index (κ2) is 7.68. The van der Waals surface area contributed by atoms with E-state index in [1.54, 1.807) is 0 Å². The Morgan fingerprint density at radius 3 is 2.92 bits per heavy atom. The van der Waals surface area contributed by atoms with E-state index in [1.807, 2.05) is 7.05 Å². The Kier molecular flexibility index (Phi) is 6.07. The van der Waals surface area contributed by atoms with Crippen LogP contribution in [0, 0.1) is 0 Å². The van der Waals surface area contributed by atoms with Gasteiger partial charge in [0.15, 0.2) is 5.82 Å². The van der Waals surface area contributed by atoms with Crippen LogP contribution in [0.15, 0.2) is 27.9 Å². The van der Waals surface area contributed by atoms with Gasteiger partial charge in [0.25, 0.3) is 5.89 Å². The van der Waals surface area contributed by atoms with Crippen molar-refractivity contribution in [2.24, 2.45) is 0 Å². The molecule has 1 aliphatic rings. The lowest BCUT2D eigenvalue weighted by Crippen LogP contribution is -2.44. The molecule has 24 heavy (non-hydrogen) atoms. The van der Waals surface area contributed by atoms with Crippen molar-refractivity contribution >= 4 is 24.2 Å². The molecule has 0 spiro atoms. The summed E-state index contributed by atoms with van der Waals surface area (Å²) in [5.41, 5.74) is -4.25. The predicted molar refractivity (Wildman–Crippen MR) is 84.9 cm³/mol. The van der Waals surface area contributed by atoms with Crippen LogP contribution in [0.3, 0.4) is 0 Å². The lowest BCUT2D eigenvalue weighted by molar-refractivity contribution is -0.0329. The van der Waals surface area contributed by atoms with Gasteiger partial charge in [-0.05, 0) is 19.2 Å². The zero-order valence-electron chi connectivity index (χ0n) is 12.6. The molecule has 0 radical (unpaired) electrons. The predicted octanol–water partition coefficient (Wildman–Crippen LogP) is 2.74. The molecule has 1 unspecified atom stereocenters. The smallest absolute Gasteiger partial charge is 0.334 e. The Labute approximate surface area is 146 Å². The summed E-state index contributed by atoms with van der Waals surface area (Å²) in [6.07, 6.45) is 1.30. The number of thioether (sulfide) groups is 1. The molecule has 1 aliphatic heterocycles. The zero-order chi connectivity index (χ0) is 16.4. The maximum Gasteiger partial charge on any atom is 0.447 e. The average molecular weight is 382 g/mol. The highest BCUT2D eigenvalue weighted by Gasteiger charge is 2.33. The van der Waals surface area contributed by atoms with E-state index < -0.39 is 5.51 Å². The van der Waals surface area contributed by atoms with Gasteiger partial charge in [-0.3, -0.25) is 4.90 Å². The molecule has 0 aliphatic carbocycles. The van der Waals surface area contributed by atoms with Gasteiger partial charge >= 0.3 is 5.51 Å². The SMILES string of the molecule is CN1CCNCC1c1noc(-c2cccnc2SC(F)(F)F)n1.Cl. The molecule has 6 nitrogen and oxygen atoms in total. The van der Waals surface area contributed by atoms with Gasteiger partial charge < -0.3 is 9.84 Å². The van der Waals surface area contributed by atoms with Crippen molar-refractivity contribution in [3.05, 3.63) is 24.2 Å². The van der Waals surface area contributed by atoms with E-state index >= 15 is 0 Å².